The van der Waals surface area contributed by atoms with Crippen molar-refractivity contribution < 1.29 is 29.4 Å². The summed E-state index contributed by atoms with van der Waals surface area (Å²) in [5.74, 6) is -2.84. The second-order valence-corrected chi connectivity index (χ2v) is 9.83. The summed E-state index contributed by atoms with van der Waals surface area (Å²) in [5, 5.41) is 21.1. The molecule has 2 atom stereocenters. The largest absolute Gasteiger partial charge is 0.480 e. The number of anilines is 1. The Labute approximate surface area is 243 Å². The lowest BCUT2D eigenvalue weighted by Gasteiger charge is -2.27. The van der Waals surface area contributed by atoms with Gasteiger partial charge in [-0.3, -0.25) is 24.1 Å². The second kappa shape index (κ2) is 16.3. The Bertz CT molecular complexity index is 1280. The molecule has 9 nitrogen and oxygen atoms in total. The van der Waals surface area contributed by atoms with Gasteiger partial charge in [0.25, 0.3) is 5.91 Å². The summed E-state index contributed by atoms with van der Waals surface area (Å²) in [4.78, 5) is 50.0. The van der Waals surface area contributed by atoms with Gasteiger partial charge in [0.05, 0.1) is 0 Å². The molecule has 3 aromatic carbocycles. The molecule has 0 heterocycles. The molecule has 0 saturated carbocycles. The zero-order valence-electron chi connectivity index (χ0n) is 21.6. The Morgan fingerprint density at radius 1 is 0.875 bits per heavy atom. The lowest BCUT2D eigenvalue weighted by atomic mass is 10.0. The highest BCUT2D eigenvalue weighted by Gasteiger charge is 2.29. The molecule has 0 fully saturated rings. The van der Waals surface area contributed by atoms with Crippen LogP contribution in [0, 0.1) is 0 Å². The molecule has 11 heteroatoms. The summed E-state index contributed by atoms with van der Waals surface area (Å²) in [5.41, 5.74) is 9.06. The molecule has 2 amide bonds. The fourth-order valence-electron chi connectivity index (χ4n) is 3.91. The topological polar surface area (TPSA) is 150 Å². The molecule has 3 aromatic rings. The number of thioether (sulfide) groups is 1. The number of aliphatic carboxylic acids is 2. The summed E-state index contributed by atoms with van der Waals surface area (Å²) in [6.07, 6.45) is -0.291. The van der Waals surface area contributed by atoms with Crippen LogP contribution in [-0.4, -0.2) is 58.3 Å². The van der Waals surface area contributed by atoms with Gasteiger partial charge in [0.2, 0.25) is 5.91 Å². The molecule has 0 bridgehead atoms. The van der Waals surface area contributed by atoms with Gasteiger partial charge in [-0.15, -0.1) is 12.4 Å². The van der Waals surface area contributed by atoms with Crippen molar-refractivity contribution in [2.75, 3.05) is 17.2 Å². The van der Waals surface area contributed by atoms with Crippen molar-refractivity contribution in [3.05, 3.63) is 90.5 Å². The molecule has 0 saturated heterocycles. The SMILES string of the molecule is Cl.N[C@@H](CCC(=O)N[C@@H](CSCc1ccccc1-c1ccccc1)C(=O)N(CC(=O)O)c1ccccc1)C(=O)O. The number of benzene rings is 3. The van der Waals surface area contributed by atoms with E-state index in [1.165, 1.54) is 11.8 Å². The van der Waals surface area contributed by atoms with E-state index in [1.807, 2.05) is 54.6 Å². The van der Waals surface area contributed by atoms with Crippen LogP contribution in [0.4, 0.5) is 5.69 Å². The monoisotopic (exact) mass is 585 g/mol. The minimum Gasteiger partial charge on any atom is -0.480 e. The predicted molar refractivity (Wildman–Crippen MR) is 158 cm³/mol. The van der Waals surface area contributed by atoms with Crippen LogP contribution in [0.2, 0.25) is 0 Å². The molecule has 3 rings (SSSR count). The van der Waals surface area contributed by atoms with Crippen molar-refractivity contribution >= 4 is 53.6 Å². The number of hydrogen-bond acceptors (Lipinski definition) is 6. The molecular weight excluding hydrogens is 554 g/mol. The van der Waals surface area contributed by atoms with Gasteiger partial charge >= 0.3 is 11.9 Å². The van der Waals surface area contributed by atoms with Crippen molar-refractivity contribution in [1.82, 2.24) is 5.32 Å². The molecule has 0 aliphatic heterocycles. The Morgan fingerprint density at radius 3 is 2.10 bits per heavy atom. The van der Waals surface area contributed by atoms with E-state index in [4.69, 9.17) is 10.8 Å². The fourth-order valence-corrected chi connectivity index (χ4v) is 4.96. The summed E-state index contributed by atoms with van der Waals surface area (Å²) in [7, 11) is 0. The molecule has 0 radical (unpaired) electrons. The molecule has 0 aliphatic rings. The predicted octanol–water partition coefficient (Wildman–Crippen LogP) is 3.80. The van der Waals surface area contributed by atoms with Crippen molar-refractivity contribution in [3.63, 3.8) is 0 Å². The molecule has 0 aliphatic carbocycles. The highest BCUT2D eigenvalue weighted by Crippen LogP contribution is 2.27. The van der Waals surface area contributed by atoms with Crippen molar-refractivity contribution in [2.45, 2.75) is 30.7 Å². The molecule has 0 aromatic heterocycles. The number of carbonyl (C=O) groups excluding carboxylic acids is 2. The Hall–Kier alpha value is -3.86. The number of amides is 2. The van der Waals surface area contributed by atoms with Gasteiger partial charge < -0.3 is 21.3 Å². The highest BCUT2D eigenvalue weighted by molar-refractivity contribution is 7.98. The van der Waals surface area contributed by atoms with E-state index in [2.05, 4.69) is 5.32 Å². The van der Waals surface area contributed by atoms with Crippen molar-refractivity contribution in [1.29, 1.82) is 0 Å². The number of halogens is 1. The van der Waals surface area contributed by atoms with Crippen LogP contribution in [-0.2, 0) is 24.9 Å². The number of carboxylic acid groups (broad SMARTS) is 2. The van der Waals surface area contributed by atoms with E-state index < -0.39 is 42.4 Å². The number of rotatable bonds is 14. The number of nitrogens with two attached hydrogens (primary N) is 1. The first-order valence-corrected chi connectivity index (χ1v) is 13.5. The van der Waals surface area contributed by atoms with Gasteiger partial charge in [-0.25, -0.2) is 0 Å². The minimum absolute atomic E-state index is 0. The van der Waals surface area contributed by atoms with Crippen molar-refractivity contribution in [3.8, 4) is 11.1 Å². The standard InChI is InChI=1S/C29H31N3O6S.ClH/c30-24(29(37)38)15-16-26(33)31-25(28(36)32(17-27(34)35)22-12-5-2-6-13-22)19-39-18-21-11-7-8-14-23(21)20-9-3-1-4-10-20;/h1-14,24-25H,15-19,30H2,(H,31,33)(H,34,35)(H,37,38);1H/t24-,25-;/m0./s1. The average molecular weight is 586 g/mol. The maximum Gasteiger partial charge on any atom is 0.323 e. The average Bonchev–Trinajstić information content (AvgIpc) is 2.94. The first kappa shape index (κ1) is 32.4. The van der Waals surface area contributed by atoms with E-state index >= 15 is 0 Å². The molecule has 0 unspecified atom stereocenters. The van der Waals surface area contributed by atoms with Crippen LogP contribution < -0.4 is 16.0 Å². The van der Waals surface area contributed by atoms with Gasteiger partial charge in [0.1, 0.15) is 18.6 Å². The normalized spacial score (nSPS) is 11.9. The van der Waals surface area contributed by atoms with E-state index in [0.717, 1.165) is 21.6 Å². The van der Waals surface area contributed by atoms with Gasteiger partial charge in [-0.1, -0.05) is 72.8 Å². The highest BCUT2D eigenvalue weighted by atomic mass is 35.5. The first-order valence-electron chi connectivity index (χ1n) is 12.3. The number of nitrogens with one attached hydrogen (secondary N) is 1. The van der Waals surface area contributed by atoms with E-state index in [-0.39, 0.29) is 31.0 Å². The van der Waals surface area contributed by atoms with E-state index in [0.29, 0.717) is 11.4 Å². The van der Waals surface area contributed by atoms with Crippen LogP contribution in [0.15, 0.2) is 84.9 Å². The Balaban J connectivity index is 0.00000560. The smallest absolute Gasteiger partial charge is 0.323 e. The molecule has 0 spiro atoms. The number of hydrogen-bond donors (Lipinski definition) is 4. The zero-order chi connectivity index (χ0) is 28.2. The third-order valence-corrected chi connectivity index (χ3v) is 6.99. The Kier molecular flexibility index (Phi) is 13.2. The van der Waals surface area contributed by atoms with Crippen LogP contribution >= 0.6 is 24.2 Å². The number of para-hydroxylation sites is 1. The molecule has 5 N–H and O–H groups in total. The van der Waals surface area contributed by atoms with Gasteiger partial charge in [0.15, 0.2) is 0 Å². The maximum atomic E-state index is 13.6. The van der Waals surface area contributed by atoms with Crippen molar-refractivity contribution in [2.24, 2.45) is 5.73 Å². The lowest BCUT2D eigenvalue weighted by Crippen LogP contribution is -2.51. The summed E-state index contributed by atoms with van der Waals surface area (Å²) >= 11 is 1.43. The zero-order valence-corrected chi connectivity index (χ0v) is 23.3. The Morgan fingerprint density at radius 2 is 1.48 bits per heavy atom. The summed E-state index contributed by atoms with van der Waals surface area (Å²) < 4.78 is 0. The number of carboxylic acids is 2. The summed E-state index contributed by atoms with van der Waals surface area (Å²) in [6, 6.07) is 23.9. The van der Waals surface area contributed by atoms with Crippen LogP contribution in [0.3, 0.4) is 0 Å². The quantitative estimate of drug-likeness (QED) is 0.223. The van der Waals surface area contributed by atoms with Gasteiger partial charge in [0, 0.05) is 23.6 Å². The van der Waals surface area contributed by atoms with E-state index in [1.54, 1.807) is 30.3 Å². The fraction of sp³-hybridized carbons (Fsp3) is 0.241. The third kappa shape index (κ3) is 9.71. The molecule has 40 heavy (non-hydrogen) atoms. The number of carbonyl (C=O) groups is 4. The summed E-state index contributed by atoms with van der Waals surface area (Å²) in [6.45, 7) is -0.583. The van der Waals surface area contributed by atoms with Crippen LogP contribution in [0.1, 0.15) is 18.4 Å². The van der Waals surface area contributed by atoms with Gasteiger partial charge in [-0.05, 0) is 35.2 Å². The number of nitrogens with zero attached hydrogens (tertiary/aromatic N) is 1. The van der Waals surface area contributed by atoms with Crippen LogP contribution in [0.25, 0.3) is 11.1 Å². The third-order valence-electron chi connectivity index (χ3n) is 5.90. The van der Waals surface area contributed by atoms with E-state index in [9.17, 15) is 24.3 Å². The molecule has 212 valence electrons. The minimum atomic E-state index is -1.22. The van der Waals surface area contributed by atoms with Gasteiger partial charge in [-0.2, -0.15) is 11.8 Å². The second-order valence-electron chi connectivity index (χ2n) is 8.80. The maximum absolute atomic E-state index is 13.6. The first-order chi connectivity index (χ1) is 18.8. The molecular formula is C29H32ClN3O6S. The lowest BCUT2D eigenvalue weighted by molar-refractivity contribution is -0.139. The van der Waals surface area contributed by atoms with Crippen LogP contribution in [0.5, 0.6) is 0 Å².